The normalized spacial score (nSPS) is 11.8. The fourth-order valence-electron chi connectivity index (χ4n) is 2.32. The predicted molar refractivity (Wildman–Crippen MR) is 94.7 cm³/mol. The number of anilines is 2. The van der Waals surface area contributed by atoms with E-state index in [2.05, 4.69) is 17.0 Å². The summed E-state index contributed by atoms with van der Waals surface area (Å²) >= 11 is 5.91. The van der Waals surface area contributed by atoms with Crippen molar-refractivity contribution in [3.8, 4) is 0 Å². The molecule has 122 valence electrons. The van der Waals surface area contributed by atoms with Crippen LogP contribution in [0.1, 0.15) is 30.5 Å². The molecule has 0 unspecified atom stereocenters. The van der Waals surface area contributed by atoms with E-state index >= 15 is 0 Å². The first-order valence-corrected chi connectivity index (χ1v) is 7.84. The summed E-state index contributed by atoms with van der Waals surface area (Å²) in [7, 11) is 1.39. The average Bonchev–Trinajstić information content (AvgIpc) is 2.55. The first kappa shape index (κ1) is 17.2. The van der Waals surface area contributed by atoms with E-state index in [9.17, 15) is 4.79 Å². The van der Waals surface area contributed by atoms with Crippen LogP contribution in [0.25, 0.3) is 0 Å². The quantitative estimate of drug-likeness (QED) is 0.614. The number of hydrogen-bond acceptors (Lipinski definition) is 4. The molecule has 0 aliphatic rings. The molecule has 0 amide bonds. The lowest BCUT2D eigenvalue weighted by Gasteiger charge is -2.18. The Morgan fingerprint density at radius 2 is 1.96 bits per heavy atom. The third-order valence-corrected chi connectivity index (χ3v) is 3.96. The van der Waals surface area contributed by atoms with Gasteiger partial charge in [-0.05, 0) is 48.7 Å². The van der Waals surface area contributed by atoms with Gasteiger partial charge in [0.05, 0.1) is 18.5 Å². The maximum atomic E-state index is 11.2. The minimum absolute atomic E-state index is 0.107. The van der Waals surface area contributed by atoms with Crippen LogP contribution in [0.15, 0.2) is 42.5 Å². The van der Waals surface area contributed by atoms with Crippen molar-refractivity contribution in [2.45, 2.75) is 25.8 Å². The highest BCUT2D eigenvalue weighted by Gasteiger charge is 2.09. The zero-order valence-corrected chi connectivity index (χ0v) is 14.1. The van der Waals surface area contributed by atoms with Gasteiger partial charge in [-0.25, -0.2) is 0 Å². The second-order valence-electron chi connectivity index (χ2n) is 5.42. The second-order valence-corrected chi connectivity index (χ2v) is 5.85. The number of carbonyl (C=O) groups is 1. The molecular weight excluding hydrogens is 312 g/mol. The molecule has 0 saturated carbocycles. The van der Waals surface area contributed by atoms with Crippen LogP contribution in [0.5, 0.6) is 0 Å². The second kappa shape index (κ2) is 7.88. The number of rotatable bonds is 6. The summed E-state index contributed by atoms with van der Waals surface area (Å²) in [4.78, 5) is 11.2. The molecule has 0 bridgehead atoms. The lowest BCUT2D eigenvalue weighted by Crippen LogP contribution is -2.09. The predicted octanol–water partition coefficient (Wildman–Crippen LogP) is 4.20. The fourth-order valence-corrected chi connectivity index (χ4v) is 2.44. The number of ether oxygens (including phenoxy) is 1. The molecule has 4 nitrogen and oxygen atoms in total. The first-order chi connectivity index (χ1) is 11.0. The topological polar surface area (TPSA) is 64.3 Å². The van der Waals surface area contributed by atoms with Crippen molar-refractivity contribution >= 4 is 28.9 Å². The molecule has 0 saturated heterocycles. The number of carbonyl (C=O) groups excluding carboxylic acids is 1. The lowest BCUT2D eigenvalue weighted by atomic mass is 10.1. The van der Waals surface area contributed by atoms with Gasteiger partial charge in [0.1, 0.15) is 0 Å². The van der Waals surface area contributed by atoms with Gasteiger partial charge in [-0.15, -0.1) is 0 Å². The van der Waals surface area contributed by atoms with Crippen molar-refractivity contribution in [1.82, 2.24) is 0 Å². The number of nitrogens with one attached hydrogen (secondary N) is 1. The Morgan fingerprint density at radius 1 is 1.26 bits per heavy atom. The van der Waals surface area contributed by atoms with Gasteiger partial charge in [-0.2, -0.15) is 0 Å². The minimum Gasteiger partial charge on any atom is -0.469 e. The number of esters is 1. The maximum absolute atomic E-state index is 11.2. The molecule has 1 atom stereocenters. The highest BCUT2D eigenvalue weighted by Crippen LogP contribution is 2.26. The Labute approximate surface area is 141 Å². The van der Waals surface area contributed by atoms with Crippen LogP contribution in [0.3, 0.4) is 0 Å². The summed E-state index contributed by atoms with van der Waals surface area (Å²) in [6.07, 6.45) is 0.966. The summed E-state index contributed by atoms with van der Waals surface area (Å²) in [5.41, 5.74) is 9.78. The van der Waals surface area contributed by atoms with Crippen molar-refractivity contribution in [2.24, 2.45) is 0 Å². The van der Waals surface area contributed by atoms with Gasteiger partial charge in [-0.3, -0.25) is 4.79 Å². The summed E-state index contributed by atoms with van der Waals surface area (Å²) < 4.78 is 4.64. The van der Waals surface area contributed by atoms with E-state index < -0.39 is 0 Å². The number of hydrogen-bond donors (Lipinski definition) is 2. The van der Waals surface area contributed by atoms with E-state index in [1.807, 2.05) is 42.5 Å². The maximum Gasteiger partial charge on any atom is 0.305 e. The van der Waals surface area contributed by atoms with Gasteiger partial charge < -0.3 is 15.8 Å². The van der Waals surface area contributed by atoms with Crippen molar-refractivity contribution in [3.05, 3.63) is 58.6 Å². The molecule has 5 heteroatoms. The summed E-state index contributed by atoms with van der Waals surface area (Å²) in [6.45, 7) is 2.06. The Morgan fingerprint density at radius 3 is 2.57 bits per heavy atom. The molecule has 0 radical (unpaired) electrons. The number of methoxy groups -OCH3 is 1. The van der Waals surface area contributed by atoms with Crippen LogP contribution in [0.2, 0.25) is 5.02 Å². The van der Waals surface area contributed by atoms with Gasteiger partial charge >= 0.3 is 5.97 Å². The zero-order valence-electron chi connectivity index (χ0n) is 13.3. The Bertz CT molecular complexity index is 671. The molecule has 3 N–H and O–H groups in total. The fraction of sp³-hybridized carbons (Fsp3) is 0.278. The zero-order chi connectivity index (χ0) is 16.8. The molecule has 0 aromatic heterocycles. The standard InChI is InChI=1S/C18H21ClN2O2/c1-12(14-5-7-15(19)8-6-14)21-17-9-3-13(11-16(17)20)4-10-18(22)23-2/h3,5-9,11-12,21H,4,10,20H2,1-2H3/t12-/m1/s1. The smallest absolute Gasteiger partial charge is 0.305 e. The van der Waals surface area contributed by atoms with Crippen LogP contribution < -0.4 is 11.1 Å². The Hall–Kier alpha value is -2.20. The number of nitrogens with two attached hydrogens (primary N) is 1. The van der Waals surface area contributed by atoms with E-state index in [0.717, 1.165) is 21.8 Å². The van der Waals surface area contributed by atoms with Crippen LogP contribution in [-0.4, -0.2) is 13.1 Å². The number of aryl methyl sites for hydroxylation is 1. The highest BCUT2D eigenvalue weighted by molar-refractivity contribution is 6.30. The molecule has 2 rings (SSSR count). The Kier molecular flexibility index (Phi) is 5.88. The SMILES string of the molecule is COC(=O)CCc1ccc(N[C@H](C)c2ccc(Cl)cc2)c(N)c1. The first-order valence-electron chi connectivity index (χ1n) is 7.47. The number of halogens is 1. The summed E-state index contributed by atoms with van der Waals surface area (Å²) in [5.74, 6) is -0.220. The minimum atomic E-state index is -0.220. The molecule has 0 aliphatic carbocycles. The van der Waals surface area contributed by atoms with Gasteiger partial charge in [0.15, 0.2) is 0 Å². The van der Waals surface area contributed by atoms with E-state index in [-0.39, 0.29) is 12.0 Å². The number of nitrogen functional groups attached to an aromatic ring is 1. The number of benzene rings is 2. The van der Waals surface area contributed by atoms with Crippen molar-refractivity contribution < 1.29 is 9.53 Å². The van der Waals surface area contributed by atoms with Crippen molar-refractivity contribution in [2.75, 3.05) is 18.2 Å². The van der Waals surface area contributed by atoms with Crippen LogP contribution >= 0.6 is 11.6 Å². The molecule has 2 aromatic carbocycles. The molecule has 0 fully saturated rings. The van der Waals surface area contributed by atoms with Crippen LogP contribution in [0.4, 0.5) is 11.4 Å². The van der Waals surface area contributed by atoms with E-state index in [1.54, 1.807) is 0 Å². The average molecular weight is 333 g/mol. The van der Waals surface area contributed by atoms with Gasteiger partial charge in [0.25, 0.3) is 0 Å². The molecule has 0 heterocycles. The largest absolute Gasteiger partial charge is 0.469 e. The van der Waals surface area contributed by atoms with Crippen molar-refractivity contribution in [1.29, 1.82) is 0 Å². The lowest BCUT2D eigenvalue weighted by molar-refractivity contribution is -0.140. The third kappa shape index (κ3) is 4.89. The van der Waals surface area contributed by atoms with Gasteiger partial charge in [0, 0.05) is 17.5 Å². The van der Waals surface area contributed by atoms with Gasteiger partial charge in [0.2, 0.25) is 0 Å². The Balaban J connectivity index is 2.02. The van der Waals surface area contributed by atoms with Crippen LogP contribution in [0, 0.1) is 0 Å². The molecule has 0 aliphatic heterocycles. The van der Waals surface area contributed by atoms with Crippen molar-refractivity contribution in [3.63, 3.8) is 0 Å². The monoisotopic (exact) mass is 332 g/mol. The molecule has 2 aromatic rings. The van der Waals surface area contributed by atoms with Crippen LogP contribution in [-0.2, 0) is 16.0 Å². The van der Waals surface area contributed by atoms with E-state index in [0.29, 0.717) is 18.5 Å². The van der Waals surface area contributed by atoms with E-state index in [4.69, 9.17) is 17.3 Å². The third-order valence-electron chi connectivity index (χ3n) is 3.70. The summed E-state index contributed by atoms with van der Waals surface area (Å²) in [6, 6.07) is 13.6. The van der Waals surface area contributed by atoms with E-state index in [1.165, 1.54) is 7.11 Å². The molecule has 23 heavy (non-hydrogen) atoms. The highest BCUT2D eigenvalue weighted by atomic mass is 35.5. The molecular formula is C18H21ClN2O2. The van der Waals surface area contributed by atoms with Gasteiger partial charge in [-0.1, -0.05) is 29.8 Å². The summed E-state index contributed by atoms with van der Waals surface area (Å²) in [5, 5.41) is 4.11. The molecule has 0 spiro atoms.